The lowest BCUT2D eigenvalue weighted by molar-refractivity contribution is -0.133. The number of likely N-dealkylation sites (tertiary alicyclic amines) is 1. The van der Waals surface area contributed by atoms with Crippen LogP contribution in [0.4, 0.5) is 0 Å². The molecule has 0 spiro atoms. The Kier molecular flexibility index (Phi) is 10.5. The van der Waals surface area contributed by atoms with Crippen LogP contribution in [0.5, 0.6) is 5.75 Å². The van der Waals surface area contributed by atoms with E-state index >= 15 is 0 Å². The van der Waals surface area contributed by atoms with E-state index in [4.69, 9.17) is 4.74 Å². The molecule has 1 aliphatic rings. The zero-order valence-electron chi connectivity index (χ0n) is 28.7. The van der Waals surface area contributed by atoms with E-state index in [2.05, 4.69) is 45.4 Å². The van der Waals surface area contributed by atoms with Gasteiger partial charge in [0, 0.05) is 42.6 Å². The third kappa shape index (κ3) is 8.31. The highest BCUT2D eigenvalue weighted by Crippen LogP contribution is 2.30. The molecule has 6 aromatic rings. The summed E-state index contributed by atoms with van der Waals surface area (Å²) < 4.78 is 7.51. The summed E-state index contributed by atoms with van der Waals surface area (Å²) >= 11 is 0. The Bertz CT molecular complexity index is 2190. The Morgan fingerprint density at radius 1 is 0.808 bits per heavy atom. The molecule has 0 N–H and O–H groups in total. The van der Waals surface area contributed by atoms with Gasteiger partial charge in [-0.15, -0.1) is 0 Å². The van der Waals surface area contributed by atoms with Crippen molar-refractivity contribution in [2.45, 2.75) is 31.7 Å². The van der Waals surface area contributed by atoms with Gasteiger partial charge in [0.1, 0.15) is 0 Å². The number of carbonyl (C=O) groups excluding carboxylic acids is 1. The molecule has 0 aliphatic carbocycles. The van der Waals surface area contributed by atoms with Crippen molar-refractivity contribution in [3.63, 3.8) is 0 Å². The Hall–Kier alpha value is -6.40. The average molecular weight is 687 g/mol. The third-order valence-corrected chi connectivity index (χ3v) is 9.54. The summed E-state index contributed by atoms with van der Waals surface area (Å²) in [6.07, 6.45) is 5.58. The molecule has 52 heavy (non-hydrogen) atoms. The molecule has 1 saturated heterocycles. The molecule has 9 heteroatoms. The maximum atomic E-state index is 13.5. The van der Waals surface area contributed by atoms with Crippen molar-refractivity contribution in [2.75, 3.05) is 19.7 Å². The molecule has 0 bridgehead atoms. The first-order valence-electron chi connectivity index (χ1n) is 17.5. The number of hydrogen-bond acceptors (Lipinski definition) is 7. The third-order valence-electron chi connectivity index (χ3n) is 9.54. The van der Waals surface area contributed by atoms with Gasteiger partial charge in [0.25, 0.3) is 5.56 Å². The standard InChI is InChI=1S/C43H38N6O3/c44-26-32-9-7-15-36(23-32)40-17-18-41(50)49(47-40)29-33-10-8-16-37(24-33)43-45-27-38(28-46-43)52-30-31-19-21-48(22-20-31)42(51)25-39(34-11-3-1-4-12-34)35-13-5-2-6-14-35/h1-18,23-24,27-28,31,39H,19-22,25,29-30H2. The van der Waals surface area contributed by atoms with E-state index in [-0.39, 0.29) is 23.9 Å². The van der Waals surface area contributed by atoms with Gasteiger partial charge in [0.05, 0.1) is 42.9 Å². The van der Waals surface area contributed by atoms with Crippen LogP contribution in [0.25, 0.3) is 22.6 Å². The maximum absolute atomic E-state index is 13.5. The number of rotatable bonds is 11. The van der Waals surface area contributed by atoms with E-state index in [1.165, 1.54) is 10.7 Å². The molecule has 1 fully saturated rings. The van der Waals surface area contributed by atoms with Crippen molar-refractivity contribution in [3.8, 4) is 34.5 Å². The van der Waals surface area contributed by atoms with Crippen LogP contribution in [0.2, 0.25) is 0 Å². The van der Waals surface area contributed by atoms with Crippen LogP contribution < -0.4 is 10.3 Å². The first-order chi connectivity index (χ1) is 25.5. The van der Waals surface area contributed by atoms with Gasteiger partial charge in [-0.1, -0.05) is 91.0 Å². The summed E-state index contributed by atoms with van der Waals surface area (Å²) in [5, 5.41) is 13.8. The second kappa shape index (κ2) is 16.1. The number of piperidine rings is 1. The summed E-state index contributed by atoms with van der Waals surface area (Å²) in [6, 6.07) is 40.7. The van der Waals surface area contributed by atoms with Crippen LogP contribution in [0, 0.1) is 17.2 Å². The SMILES string of the molecule is N#Cc1cccc(-c2ccc(=O)n(Cc3cccc(-c4ncc(OCC5CCN(C(=O)CC(c6ccccc6)c6ccccc6)CC5)cn4)c3)n2)c1. The minimum atomic E-state index is -0.222. The fourth-order valence-electron chi connectivity index (χ4n) is 6.65. The summed E-state index contributed by atoms with van der Waals surface area (Å²) in [5.74, 6) is 1.70. The van der Waals surface area contributed by atoms with Crippen LogP contribution in [0.1, 0.15) is 47.4 Å². The van der Waals surface area contributed by atoms with E-state index in [0.717, 1.165) is 53.7 Å². The molecular formula is C43H38N6O3. The molecule has 0 radical (unpaired) electrons. The molecule has 4 aromatic carbocycles. The largest absolute Gasteiger partial charge is 0.490 e. The zero-order chi connectivity index (χ0) is 35.7. The summed E-state index contributed by atoms with van der Waals surface area (Å²) in [6.45, 7) is 2.24. The molecule has 1 amide bonds. The average Bonchev–Trinajstić information content (AvgIpc) is 3.21. The molecular weight excluding hydrogens is 649 g/mol. The highest BCUT2D eigenvalue weighted by molar-refractivity contribution is 5.78. The van der Waals surface area contributed by atoms with Crippen LogP contribution in [-0.2, 0) is 11.3 Å². The van der Waals surface area contributed by atoms with Gasteiger partial charge >= 0.3 is 0 Å². The first-order valence-corrected chi connectivity index (χ1v) is 17.5. The van der Waals surface area contributed by atoms with Crippen molar-refractivity contribution in [1.29, 1.82) is 5.26 Å². The molecule has 3 heterocycles. The van der Waals surface area contributed by atoms with Crippen LogP contribution in [0.15, 0.2) is 139 Å². The molecule has 0 unspecified atom stereocenters. The zero-order valence-corrected chi connectivity index (χ0v) is 28.7. The highest BCUT2D eigenvalue weighted by atomic mass is 16.5. The monoisotopic (exact) mass is 686 g/mol. The number of amides is 1. The number of ether oxygens (including phenoxy) is 1. The minimum Gasteiger partial charge on any atom is -0.490 e. The normalized spacial score (nSPS) is 13.1. The maximum Gasteiger partial charge on any atom is 0.267 e. The number of carbonyl (C=O) groups is 1. The van der Waals surface area contributed by atoms with E-state index < -0.39 is 0 Å². The summed E-state index contributed by atoms with van der Waals surface area (Å²) in [4.78, 5) is 37.3. The second-order valence-electron chi connectivity index (χ2n) is 13.1. The van der Waals surface area contributed by atoms with Gasteiger partial charge in [0.15, 0.2) is 11.6 Å². The fourth-order valence-corrected chi connectivity index (χ4v) is 6.65. The first kappa shape index (κ1) is 34.1. The lowest BCUT2D eigenvalue weighted by Crippen LogP contribution is -2.40. The minimum absolute atomic E-state index is 0.0282. The summed E-state index contributed by atoms with van der Waals surface area (Å²) in [7, 11) is 0. The second-order valence-corrected chi connectivity index (χ2v) is 13.1. The molecule has 7 rings (SSSR count). The lowest BCUT2D eigenvalue weighted by Gasteiger charge is -2.33. The van der Waals surface area contributed by atoms with Crippen molar-refractivity contribution >= 4 is 5.91 Å². The molecule has 258 valence electrons. The molecule has 1 aliphatic heterocycles. The Morgan fingerprint density at radius 3 is 2.17 bits per heavy atom. The van der Waals surface area contributed by atoms with E-state index in [1.54, 1.807) is 36.7 Å². The van der Waals surface area contributed by atoms with Gasteiger partial charge in [0.2, 0.25) is 5.91 Å². The predicted molar refractivity (Wildman–Crippen MR) is 199 cm³/mol. The van der Waals surface area contributed by atoms with E-state index in [0.29, 0.717) is 41.8 Å². The van der Waals surface area contributed by atoms with Gasteiger partial charge in [-0.2, -0.15) is 10.4 Å². The Labute approximate surface area is 302 Å². The summed E-state index contributed by atoms with van der Waals surface area (Å²) in [5.41, 5.74) is 5.69. The van der Waals surface area contributed by atoms with Crippen molar-refractivity contribution in [2.24, 2.45) is 5.92 Å². The Morgan fingerprint density at radius 2 is 1.48 bits per heavy atom. The van der Waals surface area contributed by atoms with Crippen LogP contribution in [-0.4, -0.2) is 50.3 Å². The highest BCUT2D eigenvalue weighted by Gasteiger charge is 2.26. The van der Waals surface area contributed by atoms with Gasteiger partial charge < -0.3 is 9.64 Å². The molecule has 0 saturated carbocycles. The fraction of sp³-hybridized carbons (Fsp3) is 0.209. The number of nitriles is 1. The van der Waals surface area contributed by atoms with Crippen LogP contribution in [0.3, 0.4) is 0 Å². The van der Waals surface area contributed by atoms with E-state index in [1.807, 2.05) is 71.6 Å². The smallest absolute Gasteiger partial charge is 0.267 e. The molecule has 2 aromatic heterocycles. The molecule has 0 atom stereocenters. The van der Waals surface area contributed by atoms with E-state index in [9.17, 15) is 14.9 Å². The quantitative estimate of drug-likeness (QED) is 0.143. The molecule has 9 nitrogen and oxygen atoms in total. The Balaban J connectivity index is 0.922. The van der Waals surface area contributed by atoms with Crippen molar-refractivity contribution in [3.05, 3.63) is 166 Å². The lowest BCUT2D eigenvalue weighted by atomic mass is 9.87. The number of benzene rings is 4. The van der Waals surface area contributed by atoms with Crippen molar-refractivity contribution in [1.82, 2.24) is 24.6 Å². The predicted octanol–water partition coefficient (Wildman–Crippen LogP) is 7.13. The van der Waals surface area contributed by atoms with Gasteiger partial charge in [-0.3, -0.25) is 9.59 Å². The number of hydrogen-bond donors (Lipinski definition) is 0. The van der Waals surface area contributed by atoms with Crippen LogP contribution >= 0.6 is 0 Å². The van der Waals surface area contributed by atoms with Gasteiger partial charge in [-0.05, 0) is 59.7 Å². The van der Waals surface area contributed by atoms with Gasteiger partial charge in [-0.25, -0.2) is 14.6 Å². The van der Waals surface area contributed by atoms with Crippen molar-refractivity contribution < 1.29 is 9.53 Å². The topological polar surface area (TPSA) is 114 Å². The number of aromatic nitrogens is 4. The number of nitrogens with zero attached hydrogens (tertiary/aromatic N) is 6.